The lowest BCUT2D eigenvalue weighted by atomic mass is 10.2. The summed E-state index contributed by atoms with van der Waals surface area (Å²) in [5.74, 6) is 2.62. The van der Waals surface area contributed by atoms with Gasteiger partial charge in [0.25, 0.3) is 5.89 Å². The molecule has 0 aliphatic rings. The van der Waals surface area contributed by atoms with E-state index in [1.807, 2.05) is 43.3 Å². The molecule has 2 aromatic heterocycles. The molecule has 2 heterocycles. The van der Waals surface area contributed by atoms with Crippen molar-refractivity contribution >= 4 is 17.7 Å². The number of amides is 1. The number of aromatic nitrogens is 2. The van der Waals surface area contributed by atoms with Crippen LogP contribution >= 0.6 is 0 Å². The summed E-state index contributed by atoms with van der Waals surface area (Å²) < 4.78 is 16.7. The van der Waals surface area contributed by atoms with Crippen molar-refractivity contribution in [3.63, 3.8) is 0 Å². The number of carbonyl (C=O) groups excluding carboxylic acids is 1. The Morgan fingerprint density at radius 1 is 1.00 bits per heavy atom. The molecule has 7 heteroatoms. The van der Waals surface area contributed by atoms with Crippen LogP contribution in [-0.4, -0.2) is 16.1 Å². The summed E-state index contributed by atoms with van der Waals surface area (Å²) in [4.78, 5) is 12.0. The van der Waals surface area contributed by atoms with E-state index in [1.54, 1.807) is 36.4 Å². The van der Waals surface area contributed by atoms with Crippen molar-refractivity contribution < 1.29 is 18.4 Å². The minimum atomic E-state index is -0.253. The molecule has 30 heavy (non-hydrogen) atoms. The van der Waals surface area contributed by atoms with Crippen molar-refractivity contribution in [1.29, 1.82) is 0 Å². The van der Waals surface area contributed by atoms with Gasteiger partial charge < -0.3 is 18.9 Å². The minimum absolute atomic E-state index is 0.150. The number of carbonyl (C=O) groups is 1. The highest BCUT2D eigenvalue weighted by molar-refractivity contribution is 6.01. The molecule has 0 spiro atoms. The quantitative estimate of drug-likeness (QED) is 0.444. The van der Waals surface area contributed by atoms with E-state index in [-0.39, 0.29) is 12.5 Å². The van der Waals surface area contributed by atoms with Crippen LogP contribution in [0.1, 0.15) is 17.4 Å². The van der Waals surface area contributed by atoms with Crippen LogP contribution < -0.4 is 10.1 Å². The maximum Gasteiger partial charge on any atom is 0.254 e. The SMILES string of the molecule is Cc1ccc(/C=C/C(=O)Nc2ccc(OCc3nnc(-c4ccccc4)o3)cc2)o1. The van der Waals surface area contributed by atoms with E-state index in [2.05, 4.69) is 15.5 Å². The first-order valence-corrected chi connectivity index (χ1v) is 9.32. The van der Waals surface area contributed by atoms with Gasteiger partial charge in [-0.05, 0) is 61.5 Å². The first kappa shape index (κ1) is 19.2. The Balaban J connectivity index is 1.29. The van der Waals surface area contributed by atoms with Gasteiger partial charge in [-0.3, -0.25) is 4.79 Å². The second-order valence-electron chi connectivity index (χ2n) is 6.45. The Labute approximate surface area is 173 Å². The molecule has 0 radical (unpaired) electrons. The molecule has 0 saturated carbocycles. The summed E-state index contributed by atoms with van der Waals surface area (Å²) in [5, 5.41) is 10.8. The van der Waals surface area contributed by atoms with Crippen LogP contribution in [0.2, 0.25) is 0 Å². The molecule has 0 bridgehead atoms. The number of hydrogen-bond acceptors (Lipinski definition) is 6. The number of benzene rings is 2. The topological polar surface area (TPSA) is 90.4 Å². The zero-order valence-corrected chi connectivity index (χ0v) is 16.2. The molecule has 150 valence electrons. The van der Waals surface area contributed by atoms with E-state index in [9.17, 15) is 4.79 Å². The molecule has 7 nitrogen and oxygen atoms in total. The van der Waals surface area contributed by atoms with Crippen LogP contribution in [0, 0.1) is 6.92 Å². The van der Waals surface area contributed by atoms with E-state index in [1.165, 1.54) is 6.08 Å². The molecule has 0 saturated heterocycles. The monoisotopic (exact) mass is 401 g/mol. The predicted molar refractivity (Wildman–Crippen MR) is 112 cm³/mol. The zero-order valence-electron chi connectivity index (χ0n) is 16.2. The normalized spacial score (nSPS) is 11.0. The second-order valence-corrected chi connectivity index (χ2v) is 6.45. The van der Waals surface area contributed by atoms with Gasteiger partial charge in [0.2, 0.25) is 11.8 Å². The highest BCUT2D eigenvalue weighted by Crippen LogP contribution is 2.20. The molecule has 0 aliphatic carbocycles. The smallest absolute Gasteiger partial charge is 0.254 e. The number of rotatable bonds is 7. The third-order valence-corrected chi connectivity index (χ3v) is 4.13. The Morgan fingerprint density at radius 2 is 1.80 bits per heavy atom. The van der Waals surface area contributed by atoms with E-state index < -0.39 is 0 Å². The summed E-state index contributed by atoms with van der Waals surface area (Å²) >= 11 is 0. The van der Waals surface area contributed by atoms with Crippen molar-refractivity contribution in [2.24, 2.45) is 0 Å². The number of nitrogens with zero attached hydrogens (tertiary/aromatic N) is 2. The Morgan fingerprint density at radius 3 is 2.53 bits per heavy atom. The summed E-state index contributed by atoms with van der Waals surface area (Å²) in [6, 6.07) is 20.2. The fourth-order valence-corrected chi connectivity index (χ4v) is 2.67. The van der Waals surface area contributed by atoms with Gasteiger partial charge in [0, 0.05) is 17.3 Å². The molecule has 0 aliphatic heterocycles. The first-order valence-electron chi connectivity index (χ1n) is 9.32. The molecule has 0 unspecified atom stereocenters. The predicted octanol–water partition coefficient (Wildman–Crippen LogP) is 4.87. The number of aryl methyl sites for hydroxylation is 1. The molecular formula is C23H19N3O4. The van der Waals surface area contributed by atoms with Crippen molar-refractivity contribution in [3.05, 3.63) is 90.2 Å². The summed E-state index contributed by atoms with van der Waals surface area (Å²) in [5.41, 5.74) is 1.50. The van der Waals surface area contributed by atoms with Crippen LogP contribution in [-0.2, 0) is 11.4 Å². The van der Waals surface area contributed by atoms with Gasteiger partial charge in [0.15, 0.2) is 6.61 Å². The standard InChI is InChI=1S/C23H19N3O4/c1-16-7-10-20(29-16)13-14-21(27)24-18-8-11-19(12-9-18)28-15-22-25-26-23(30-22)17-5-3-2-4-6-17/h2-14H,15H2,1H3,(H,24,27)/b14-13+. The van der Waals surface area contributed by atoms with Crippen molar-refractivity contribution in [3.8, 4) is 17.2 Å². The highest BCUT2D eigenvalue weighted by Gasteiger charge is 2.09. The second kappa shape index (κ2) is 8.91. The maximum absolute atomic E-state index is 12.0. The average molecular weight is 401 g/mol. The van der Waals surface area contributed by atoms with Crippen LogP contribution in [0.4, 0.5) is 5.69 Å². The van der Waals surface area contributed by atoms with Gasteiger partial charge >= 0.3 is 0 Å². The van der Waals surface area contributed by atoms with Gasteiger partial charge in [-0.15, -0.1) is 10.2 Å². The highest BCUT2D eigenvalue weighted by atomic mass is 16.5. The summed E-state index contributed by atoms with van der Waals surface area (Å²) in [6.45, 7) is 2.00. The fraction of sp³-hybridized carbons (Fsp3) is 0.0870. The molecule has 0 fully saturated rings. The zero-order chi connectivity index (χ0) is 20.8. The van der Waals surface area contributed by atoms with Crippen molar-refractivity contribution in [1.82, 2.24) is 10.2 Å². The van der Waals surface area contributed by atoms with E-state index >= 15 is 0 Å². The lowest BCUT2D eigenvalue weighted by molar-refractivity contribution is -0.111. The minimum Gasteiger partial charge on any atom is -0.484 e. The molecule has 0 atom stereocenters. The van der Waals surface area contributed by atoms with E-state index in [0.717, 1.165) is 11.3 Å². The Bertz CT molecular complexity index is 1140. The third-order valence-electron chi connectivity index (χ3n) is 4.13. The summed E-state index contributed by atoms with van der Waals surface area (Å²) in [6.07, 6.45) is 3.04. The number of nitrogens with one attached hydrogen (secondary N) is 1. The molecule has 2 aromatic carbocycles. The molecule has 1 N–H and O–H groups in total. The lowest BCUT2D eigenvalue weighted by Crippen LogP contribution is -2.07. The van der Waals surface area contributed by atoms with Gasteiger partial charge in [0.1, 0.15) is 17.3 Å². The van der Waals surface area contributed by atoms with Crippen molar-refractivity contribution in [2.45, 2.75) is 13.5 Å². The maximum atomic E-state index is 12.0. The molecule has 4 rings (SSSR count). The number of anilines is 1. The summed E-state index contributed by atoms with van der Waals surface area (Å²) in [7, 11) is 0. The van der Waals surface area contributed by atoms with E-state index in [4.69, 9.17) is 13.6 Å². The van der Waals surface area contributed by atoms with Crippen LogP contribution in [0.3, 0.4) is 0 Å². The molecular weight excluding hydrogens is 382 g/mol. The number of hydrogen-bond donors (Lipinski definition) is 1. The molecule has 4 aromatic rings. The van der Waals surface area contributed by atoms with Gasteiger partial charge in [-0.2, -0.15) is 0 Å². The fourth-order valence-electron chi connectivity index (χ4n) is 2.67. The number of furan rings is 1. The van der Waals surface area contributed by atoms with Crippen LogP contribution in [0.25, 0.3) is 17.5 Å². The van der Waals surface area contributed by atoms with Crippen LogP contribution in [0.15, 0.2) is 81.6 Å². The average Bonchev–Trinajstić information content (AvgIpc) is 3.41. The van der Waals surface area contributed by atoms with Gasteiger partial charge in [-0.25, -0.2) is 0 Å². The van der Waals surface area contributed by atoms with Gasteiger partial charge in [0.05, 0.1) is 0 Å². The van der Waals surface area contributed by atoms with Gasteiger partial charge in [-0.1, -0.05) is 18.2 Å². The Hall–Kier alpha value is -4.13. The first-order chi connectivity index (χ1) is 14.7. The van der Waals surface area contributed by atoms with Crippen molar-refractivity contribution in [2.75, 3.05) is 5.32 Å². The lowest BCUT2D eigenvalue weighted by Gasteiger charge is -2.05. The van der Waals surface area contributed by atoms with E-state index in [0.29, 0.717) is 29.0 Å². The largest absolute Gasteiger partial charge is 0.484 e. The van der Waals surface area contributed by atoms with Crippen LogP contribution in [0.5, 0.6) is 5.75 Å². The third kappa shape index (κ3) is 5.02. The molecule has 1 amide bonds. The Kier molecular flexibility index (Phi) is 5.70. The number of ether oxygens (including phenoxy) is 1.